The Morgan fingerprint density at radius 2 is 1.76 bits per heavy atom. The van der Waals surface area contributed by atoms with Gasteiger partial charge < -0.3 is 20.1 Å². The van der Waals surface area contributed by atoms with Crippen molar-refractivity contribution in [3.63, 3.8) is 0 Å². The van der Waals surface area contributed by atoms with Crippen molar-refractivity contribution >= 4 is 15.9 Å². The van der Waals surface area contributed by atoms with Crippen LogP contribution in [0.5, 0.6) is 5.75 Å². The monoisotopic (exact) mass is 532 g/mol. The highest BCUT2D eigenvalue weighted by molar-refractivity contribution is 7.89. The van der Waals surface area contributed by atoms with E-state index in [4.69, 9.17) is 4.74 Å². The van der Waals surface area contributed by atoms with E-state index in [-0.39, 0.29) is 23.8 Å². The lowest BCUT2D eigenvalue weighted by molar-refractivity contribution is -0.123. The Balaban J connectivity index is 1.48. The molecule has 0 spiro atoms. The molecule has 204 valence electrons. The van der Waals surface area contributed by atoms with Crippen molar-refractivity contribution in [2.24, 2.45) is 0 Å². The van der Waals surface area contributed by atoms with Crippen LogP contribution in [0, 0.1) is 0 Å². The highest BCUT2D eigenvalue weighted by Crippen LogP contribution is 2.26. The van der Waals surface area contributed by atoms with Gasteiger partial charge in [0.2, 0.25) is 10.0 Å². The maximum Gasteiger partial charge on any atom is 0.258 e. The zero-order valence-corrected chi connectivity index (χ0v) is 23.1. The van der Waals surface area contributed by atoms with E-state index in [1.165, 1.54) is 34.6 Å². The fourth-order valence-corrected chi connectivity index (χ4v) is 5.42. The lowest BCUT2D eigenvalue weighted by Crippen LogP contribution is -2.43. The number of nitrogens with zero attached hydrogens (tertiary/aromatic N) is 3. The van der Waals surface area contributed by atoms with Crippen molar-refractivity contribution in [2.75, 3.05) is 53.4 Å². The Hall–Kier alpha value is -2.50. The summed E-state index contributed by atoms with van der Waals surface area (Å²) in [7, 11) is -0.313. The van der Waals surface area contributed by atoms with Crippen molar-refractivity contribution in [2.45, 2.75) is 43.9 Å². The Labute approximate surface area is 221 Å². The third-order valence-electron chi connectivity index (χ3n) is 6.76. The molecule has 3 rings (SSSR count). The van der Waals surface area contributed by atoms with Crippen LogP contribution in [0.4, 0.5) is 0 Å². The van der Waals surface area contributed by atoms with Crippen LogP contribution in [0.15, 0.2) is 53.4 Å². The molecule has 0 aromatic heterocycles. The second-order valence-corrected chi connectivity index (χ2v) is 11.9. The molecular weight excluding hydrogens is 492 g/mol. The normalized spacial score (nSPS) is 15.1. The number of β-amino-alcohol motifs (C(OH)–C–C–N with tert-alkyl or cyclic N) is 1. The summed E-state index contributed by atoms with van der Waals surface area (Å²) in [6.07, 6.45) is 0.217. The molecule has 0 aliphatic carbocycles. The minimum atomic E-state index is -3.80. The van der Waals surface area contributed by atoms with Gasteiger partial charge in [-0.1, -0.05) is 36.4 Å². The molecule has 1 aliphatic rings. The van der Waals surface area contributed by atoms with Gasteiger partial charge in [0.15, 0.2) is 6.61 Å². The molecule has 37 heavy (non-hydrogen) atoms. The number of aliphatic hydroxyl groups excluding tert-OH is 1. The van der Waals surface area contributed by atoms with Crippen molar-refractivity contribution in [3.05, 3.63) is 59.7 Å². The molecule has 1 amide bonds. The summed E-state index contributed by atoms with van der Waals surface area (Å²) >= 11 is 0. The van der Waals surface area contributed by atoms with Crippen LogP contribution in [0.3, 0.4) is 0 Å². The van der Waals surface area contributed by atoms with Gasteiger partial charge in [0.1, 0.15) is 10.6 Å². The SMILES string of the molecule is CC(C)N(C)CCN(C)S(=O)(=O)c1ccccc1OCC(=O)NCC(O)CN1CCc2ccccc2C1. The molecule has 2 aromatic carbocycles. The molecule has 1 aliphatic heterocycles. The van der Waals surface area contributed by atoms with Crippen molar-refractivity contribution in [1.82, 2.24) is 19.4 Å². The van der Waals surface area contributed by atoms with Gasteiger partial charge >= 0.3 is 0 Å². The molecule has 0 fully saturated rings. The number of carbonyl (C=O) groups excluding carboxylic acids is 1. The summed E-state index contributed by atoms with van der Waals surface area (Å²) in [6, 6.07) is 14.9. The first-order valence-electron chi connectivity index (χ1n) is 12.7. The smallest absolute Gasteiger partial charge is 0.258 e. The molecule has 0 saturated carbocycles. The topological polar surface area (TPSA) is 102 Å². The fraction of sp³-hybridized carbons (Fsp3) is 0.519. The highest BCUT2D eigenvalue weighted by Gasteiger charge is 2.25. The summed E-state index contributed by atoms with van der Waals surface area (Å²) in [5.74, 6) is -0.309. The quantitative estimate of drug-likeness (QED) is 0.404. The maximum atomic E-state index is 13.2. The number of hydrogen-bond acceptors (Lipinski definition) is 7. The average molecular weight is 533 g/mol. The van der Waals surface area contributed by atoms with Gasteiger partial charge in [-0.25, -0.2) is 8.42 Å². The van der Waals surface area contributed by atoms with Crippen molar-refractivity contribution in [3.8, 4) is 5.75 Å². The van der Waals surface area contributed by atoms with E-state index >= 15 is 0 Å². The van der Waals surface area contributed by atoms with Crippen molar-refractivity contribution in [1.29, 1.82) is 0 Å². The lowest BCUT2D eigenvalue weighted by atomic mass is 10.00. The number of amides is 1. The molecule has 10 heteroatoms. The number of fused-ring (bicyclic) bond motifs is 1. The number of sulfonamides is 1. The molecule has 2 aromatic rings. The van der Waals surface area contributed by atoms with Gasteiger partial charge in [0.05, 0.1) is 6.10 Å². The Morgan fingerprint density at radius 1 is 1.08 bits per heavy atom. The Kier molecular flexibility index (Phi) is 10.5. The molecule has 1 heterocycles. The molecule has 1 atom stereocenters. The molecular formula is C27H40N4O5S. The van der Waals surface area contributed by atoms with Gasteiger partial charge in [-0.15, -0.1) is 0 Å². The second-order valence-electron chi connectivity index (χ2n) is 9.85. The summed E-state index contributed by atoms with van der Waals surface area (Å²) in [5.41, 5.74) is 2.61. The first kappa shape index (κ1) is 29.1. The Bertz CT molecular complexity index is 1140. The summed E-state index contributed by atoms with van der Waals surface area (Å²) in [4.78, 5) is 16.6. The molecule has 1 unspecified atom stereocenters. The first-order chi connectivity index (χ1) is 17.6. The number of carbonyl (C=O) groups is 1. The van der Waals surface area contributed by atoms with Crippen LogP contribution in [-0.4, -0.2) is 99.1 Å². The van der Waals surface area contributed by atoms with Gasteiger partial charge in [-0.2, -0.15) is 4.31 Å². The largest absolute Gasteiger partial charge is 0.482 e. The molecule has 0 radical (unpaired) electrons. The van der Waals surface area contributed by atoms with E-state index in [1.54, 1.807) is 12.1 Å². The number of nitrogens with one attached hydrogen (secondary N) is 1. The number of hydrogen-bond donors (Lipinski definition) is 2. The third kappa shape index (κ3) is 8.24. The summed E-state index contributed by atoms with van der Waals surface area (Å²) in [6.45, 7) is 6.84. The molecule has 0 bridgehead atoms. The lowest BCUT2D eigenvalue weighted by Gasteiger charge is -2.30. The van der Waals surface area contributed by atoms with Crippen LogP contribution < -0.4 is 10.1 Å². The van der Waals surface area contributed by atoms with E-state index in [9.17, 15) is 18.3 Å². The second kappa shape index (κ2) is 13.3. The maximum absolute atomic E-state index is 13.2. The number of aliphatic hydroxyl groups is 1. The van der Waals surface area contributed by atoms with E-state index in [1.807, 2.05) is 19.2 Å². The van der Waals surface area contributed by atoms with E-state index in [0.29, 0.717) is 25.7 Å². The standard InChI is InChI=1S/C27H40N4O5S/c1-21(2)29(3)15-16-30(4)37(34,35)26-12-8-7-11-25(26)36-20-27(33)28-17-24(32)19-31-14-13-22-9-5-6-10-23(22)18-31/h5-12,21,24,32H,13-20H2,1-4H3,(H,28,33). The number of benzene rings is 2. The van der Waals surface area contributed by atoms with E-state index in [0.717, 1.165) is 19.5 Å². The minimum Gasteiger partial charge on any atom is -0.482 e. The van der Waals surface area contributed by atoms with Gasteiger partial charge in [0, 0.05) is 52.4 Å². The van der Waals surface area contributed by atoms with Crippen LogP contribution >= 0.6 is 0 Å². The van der Waals surface area contributed by atoms with E-state index < -0.39 is 22.0 Å². The molecule has 9 nitrogen and oxygen atoms in total. The number of para-hydroxylation sites is 1. The van der Waals surface area contributed by atoms with Crippen molar-refractivity contribution < 1.29 is 23.1 Å². The minimum absolute atomic E-state index is 0.0166. The Morgan fingerprint density at radius 3 is 2.49 bits per heavy atom. The number of likely N-dealkylation sites (N-methyl/N-ethyl adjacent to an activating group) is 2. The zero-order chi connectivity index (χ0) is 27.0. The molecule has 0 saturated heterocycles. The third-order valence-corrected chi connectivity index (χ3v) is 8.66. The predicted molar refractivity (Wildman–Crippen MR) is 144 cm³/mol. The zero-order valence-electron chi connectivity index (χ0n) is 22.3. The fourth-order valence-electron chi connectivity index (χ4n) is 4.13. The van der Waals surface area contributed by atoms with Crippen LogP contribution in [0.25, 0.3) is 0 Å². The first-order valence-corrected chi connectivity index (χ1v) is 14.1. The number of ether oxygens (including phenoxy) is 1. The van der Waals surface area contributed by atoms with Gasteiger partial charge in [-0.3, -0.25) is 9.69 Å². The average Bonchev–Trinajstić information content (AvgIpc) is 2.89. The highest BCUT2D eigenvalue weighted by atomic mass is 32.2. The molecule has 2 N–H and O–H groups in total. The summed E-state index contributed by atoms with van der Waals surface area (Å²) in [5, 5.41) is 13.1. The van der Waals surface area contributed by atoms with Crippen LogP contribution in [0.2, 0.25) is 0 Å². The predicted octanol–water partition coefficient (Wildman–Crippen LogP) is 1.56. The van der Waals surface area contributed by atoms with Crippen LogP contribution in [-0.2, 0) is 27.8 Å². The van der Waals surface area contributed by atoms with E-state index in [2.05, 4.69) is 41.1 Å². The van der Waals surface area contributed by atoms with Gasteiger partial charge in [0.25, 0.3) is 5.91 Å². The van der Waals surface area contributed by atoms with Crippen LogP contribution in [0.1, 0.15) is 25.0 Å². The van der Waals surface area contributed by atoms with Gasteiger partial charge in [-0.05, 0) is 50.6 Å². The summed E-state index contributed by atoms with van der Waals surface area (Å²) < 4.78 is 33.2. The number of rotatable bonds is 13.